The number of thiazole rings is 1. The zero-order valence-electron chi connectivity index (χ0n) is 17.5. The largest absolute Gasteiger partial charge is 0.345 e. The van der Waals surface area contributed by atoms with E-state index in [-0.39, 0.29) is 26.2 Å². The molecule has 0 unspecified atom stereocenters. The molecule has 3 aromatic rings. The van der Waals surface area contributed by atoms with Gasteiger partial charge < -0.3 is 4.90 Å². The van der Waals surface area contributed by atoms with Crippen LogP contribution < -0.4 is 4.90 Å². The van der Waals surface area contributed by atoms with Gasteiger partial charge in [0.1, 0.15) is 0 Å². The minimum absolute atomic E-state index is 0.133. The maximum Gasteiger partial charge on any atom is 0.249 e. The summed E-state index contributed by atoms with van der Waals surface area (Å²) in [5.41, 5.74) is 3.88. The van der Waals surface area contributed by atoms with Crippen LogP contribution in [0.5, 0.6) is 0 Å². The molecule has 5 nitrogen and oxygen atoms in total. The number of halogens is 5. The summed E-state index contributed by atoms with van der Waals surface area (Å²) >= 11 is 1.37. The Labute approximate surface area is 191 Å². The fraction of sp³-hybridized carbons (Fsp3) is 0.286. The lowest BCUT2D eigenvalue weighted by Crippen LogP contribution is -2.49. The molecule has 0 radical (unpaired) electrons. The number of piperazine rings is 1. The zero-order valence-corrected chi connectivity index (χ0v) is 19.1. The van der Waals surface area contributed by atoms with Crippen LogP contribution in [0.1, 0.15) is 11.1 Å². The first-order valence-corrected chi connectivity index (χ1v) is 12.1. The molecule has 12 heteroatoms. The first kappa shape index (κ1) is 23.6. The second-order valence-electron chi connectivity index (χ2n) is 7.62. The van der Waals surface area contributed by atoms with Gasteiger partial charge in [-0.25, -0.2) is 35.4 Å². The second-order valence-corrected chi connectivity index (χ2v) is 10.3. The predicted octanol–water partition coefficient (Wildman–Crippen LogP) is 4.63. The highest BCUT2D eigenvalue weighted by molar-refractivity contribution is 7.89. The molecule has 1 saturated heterocycles. The Morgan fingerprint density at radius 3 is 2.06 bits per heavy atom. The predicted molar refractivity (Wildman–Crippen MR) is 114 cm³/mol. The zero-order chi connectivity index (χ0) is 24.1. The topological polar surface area (TPSA) is 53.5 Å². The molecule has 0 spiro atoms. The Morgan fingerprint density at radius 1 is 0.879 bits per heavy atom. The standard InChI is InChI=1S/C21H18F5N3O2S2/c1-11-3-4-12(2)13(9-11)14-10-32-21(27-14)28-5-7-29(8-6-28)33(30,31)20-18(25)16(23)15(22)17(24)19(20)26/h3-4,9-10H,5-8H2,1-2H3. The molecule has 2 heterocycles. The number of nitrogens with zero attached hydrogens (tertiary/aromatic N) is 3. The van der Waals surface area contributed by atoms with Crippen LogP contribution >= 0.6 is 11.3 Å². The van der Waals surface area contributed by atoms with Crippen LogP contribution in [0.4, 0.5) is 27.1 Å². The van der Waals surface area contributed by atoms with E-state index in [1.165, 1.54) is 11.3 Å². The summed E-state index contributed by atoms with van der Waals surface area (Å²) in [5, 5.41) is 2.52. The van der Waals surface area contributed by atoms with Gasteiger partial charge in [-0.1, -0.05) is 17.7 Å². The fourth-order valence-electron chi connectivity index (χ4n) is 3.61. The summed E-state index contributed by atoms with van der Waals surface area (Å²) in [7, 11) is -4.95. The van der Waals surface area contributed by atoms with E-state index >= 15 is 0 Å². The van der Waals surface area contributed by atoms with E-state index < -0.39 is 44.0 Å². The van der Waals surface area contributed by atoms with E-state index in [4.69, 9.17) is 0 Å². The van der Waals surface area contributed by atoms with Crippen LogP contribution in [-0.2, 0) is 10.0 Å². The summed E-state index contributed by atoms with van der Waals surface area (Å²) in [6.45, 7) is 3.79. The van der Waals surface area contributed by atoms with Gasteiger partial charge in [0, 0.05) is 37.1 Å². The molecule has 0 atom stereocenters. The van der Waals surface area contributed by atoms with Gasteiger partial charge in [0.15, 0.2) is 33.3 Å². The third-order valence-corrected chi connectivity index (χ3v) is 8.26. The van der Waals surface area contributed by atoms with Crippen LogP contribution in [0.2, 0.25) is 0 Å². The molecule has 0 saturated carbocycles. The maximum atomic E-state index is 14.1. The van der Waals surface area contributed by atoms with Crippen molar-refractivity contribution in [2.45, 2.75) is 18.7 Å². The molecule has 4 rings (SSSR count). The first-order chi connectivity index (χ1) is 15.5. The molecule has 1 aliphatic heterocycles. The number of aryl methyl sites for hydroxylation is 2. The maximum absolute atomic E-state index is 14.1. The lowest BCUT2D eigenvalue weighted by molar-refractivity contribution is 0.344. The summed E-state index contributed by atoms with van der Waals surface area (Å²) in [6, 6.07) is 6.01. The Balaban J connectivity index is 1.55. The summed E-state index contributed by atoms with van der Waals surface area (Å²) < 4.78 is 94.6. The molecule has 0 amide bonds. The van der Waals surface area contributed by atoms with Crippen LogP contribution in [-0.4, -0.2) is 43.9 Å². The highest BCUT2D eigenvalue weighted by Crippen LogP contribution is 2.32. The second kappa shape index (κ2) is 8.65. The van der Waals surface area contributed by atoms with Crippen molar-refractivity contribution in [1.82, 2.24) is 9.29 Å². The molecule has 0 bridgehead atoms. The van der Waals surface area contributed by atoms with Gasteiger partial charge in [-0.05, 0) is 25.5 Å². The van der Waals surface area contributed by atoms with Crippen LogP contribution in [0.3, 0.4) is 0 Å². The van der Waals surface area contributed by atoms with Crippen molar-refractivity contribution in [1.29, 1.82) is 0 Å². The third-order valence-electron chi connectivity index (χ3n) is 5.44. The fourth-order valence-corrected chi connectivity index (χ4v) is 6.02. The molecular weight excluding hydrogens is 485 g/mol. The van der Waals surface area contributed by atoms with Gasteiger partial charge in [-0.2, -0.15) is 4.31 Å². The van der Waals surface area contributed by atoms with Crippen molar-refractivity contribution in [3.63, 3.8) is 0 Å². The van der Waals surface area contributed by atoms with E-state index in [0.717, 1.165) is 22.4 Å². The highest BCUT2D eigenvalue weighted by Gasteiger charge is 2.38. The van der Waals surface area contributed by atoms with Crippen molar-refractivity contribution in [2.24, 2.45) is 0 Å². The summed E-state index contributed by atoms with van der Waals surface area (Å²) in [5.74, 6) is -11.7. The average molecular weight is 504 g/mol. The van der Waals surface area contributed by atoms with Crippen molar-refractivity contribution >= 4 is 26.5 Å². The lowest BCUT2D eigenvalue weighted by atomic mass is 10.0. The number of anilines is 1. The minimum Gasteiger partial charge on any atom is -0.345 e. The van der Waals surface area contributed by atoms with E-state index in [1.807, 2.05) is 42.3 Å². The van der Waals surface area contributed by atoms with Crippen molar-refractivity contribution in [3.8, 4) is 11.3 Å². The molecule has 1 aliphatic rings. The number of rotatable bonds is 4. The van der Waals surface area contributed by atoms with Gasteiger partial charge in [-0.15, -0.1) is 11.3 Å². The SMILES string of the molecule is Cc1ccc(C)c(-c2csc(N3CCN(S(=O)(=O)c4c(F)c(F)c(F)c(F)c4F)CC3)n2)c1. The van der Waals surface area contributed by atoms with E-state index in [2.05, 4.69) is 4.98 Å². The Kier molecular flexibility index (Phi) is 6.18. The average Bonchev–Trinajstić information content (AvgIpc) is 3.28. The number of sulfonamides is 1. The van der Waals surface area contributed by atoms with Gasteiger partial charge >= 0.3 is 0 Å². The molecular formula is C21H18F5N3O2S2. The number of hydrogen-bond donors (Lipinski definition) is 0. The third kappa shape index (κ3) is 4.11. The quantitative estimate of drug-likeness (QED) is 0.296. The monoisotopic (exact) mass is 503 g/mol. The van der Waals surface area contributed by atoms with Crippen LogP contribution in [0, 0.1) is 42.9 Å². The van der Waals surface area contributed by atoms with E-state index in [9.17, 15) is 30.4 Å². The molecule has 2 aromatic carbocycles. The van der Waals surface area contributed by atoms with Crippen molar-refractivity contribution in [3.05, 3.63) is 63.8 Å². The van der Waals surface area contributed by atoms with Gasteiger partial charge in [-0.3, -0.25) is 0 Å². The van der Waals surface area contributed by atoms with Crippen LogP contribution in [0.25, 0.3) is 11.3 Å². The molecule has 33 heavy (non-hydrogen) atoms. The summed E-state index contributed by atoms with van der Waals surface area (Å²) in [4.78, 5) is 4.60. The Hall–Kier alpha value is -2.57. The summed E-state index contributed by atoms with van der Waals surface area (Å²) in [6.07, 6.45) is 0. The Bertz CT molecular complexity index is 1310. The molecule has 1 fully saturated rings. The molecule has 1 aromatic heterocycles. The Morgan fingerprint density at radius 2 is 1.45 bits per heavy atom. The van der Waals surface area contributed by atoms with Crippen LogP contribution in [0.15, 0.2) is 28.5 Å². The van der Waals surface area contributed by atoms with E-state index in [1.54, 1.807) is 0 Å². The highest BCUT2D eigenvalue weighted by atomic mass is 32.2. The van der Waals surface area contributed by atoms with Gasteiger partial charge in [0.05, 0.1) is 5.69 Å². The molecule has 0 N–H and O–H groups in total. The normalized spacial score (nSPS) is 15.3. The van der Waals surface area contributed by atoms with Crippen molar-refractivity contribution < 1.29 is 30.4 Å². The smallest absolute Gasteiger partial charge is 0.249 e. The molecule has 176 valence electrons. The number of aromatic nitrogens is 1. The van der Waals surface area contributed by atoms with Crippen molar-refractivity contribution in [2.75, 3.05) is 31.1 Å². The first-order valence-electron chi connectivity index (χ1n) is 9.82. The van der Waals surface area contributed by atoms with E-state index in [0.29, 0.717) is 9.44 Å². The lowest BCUT2D eigenvalue weighted by Gasteiger charge is -2.33. The van der Waals surface area contributed by atoms with Gasteiger partial charge in [0.2, 0.25) is 15.8 Å². The van der Waals surface area contributed by atoms with Gasteiger partial charge in [0.25, 0.3) is 0 Å². The molecule has 0 aliphatic carbocycles. The number of benzene rings is 2. The minimum atomic E-state index is -4.95. The number of hydrogen-bond acceptors (Lipinski definition) is 5.